The maximum absolute atomic E-state index is 10.3. The van der Waals surface area contributed by atoms with Gasteiger partial charge in [-0.05, 0) is 19.3 Å². The summed E-state index contributed by atoms with van der Waals surface area (Å²) in [4.78, 5) is 19.9. The number of rotatable bonds is 6. The fraction of sp³-hybridized carbons (Fsp3) is 0.647. The summed E-state index contributed by atoms with van der Waals surface area (Å²) in [6, 6.07) is -0.00308. The normalized spacial score (nSPS) is 19.7. The van der Waals surface area contributed by atoms with Crippen LogP contribution in [0.4, 0.5) is 17.6 Å². The summed E-state index contributed by atoms with van der Waals surface area (Å²) in [5.74, 6) is 1.97. The first-order valence-corrected chi connectivity index (χ1v) is 8.98. The van der Waals surface area contributed by atoms with Gasteiger partial charge in [-0.1, -0.05) is 19.8 Å². The van der Waals surface area contributed by atoms with Gasteiger partial charge in [-0.25, -0.2) is 15.0 Å². The molecule has 144 valence electrons. The molecule has 9 heteroatoms. The second kappa shape index (κ2) is 9.14. The first-order valence-electron chi connectivity index (χ1n) is 8.98. The van der Waals surface area contributed by atoms with Gasteiger partial charge in [0.15, 0.2) is 11.6 Å². The molecule has 0 spiro atoms. The zero-order chi connectivity index (χ0) is 17.8. The first-order chi connectivity index (χ1) is 12.1. The predicted molar refractivity (Wildman–Crippen MR) is 107 cm³/mol. The van der Waals surface area contributed by atoms with Crippen molar-refractivity contribution in [3.8, 4) is 0 Å². The molecule has 2 aromatic rings. The standard InChI is InChI=1S/C17H27N7O.ClH/c1-4-9-18-15-13-14(22-17(23-15)24(2)3)16(20-10-19-13)21-11-7-5-6-8-12(11)25;/h10-12,25H,4-9H2,1-3H3,(H,18,22,23)(H,19,20,21);1H/t11-,12-;/m0./s1. The van der Waals surface area contributed by atoms with Crippen molar-refractivity contribution >= 4 is 41.0 Å². The summed E-state index contributed by atoms with van der Waals surface area (Å²) < 4.78 is 0. The fourth-order valence-corrected chi connectivity index (χ4v) is 3.06. The molecule has 3 N–H and O–H groups in total. The van der Waals surface area contributed by atoms with Crippen LogP contribution in [0, 0.1) is 0 Å². The molecule has 0 radical (unpaired) electrons. The molecular weight excluding hydrogens is 354 g/mol. The van der Waals surface area contributed by atoms with E-state index in [1.54, 1.807) is 0 Å². The Balaban J connectivity index is 0.00000243. The summed E-state index contributed by atoms with van der Waals surface area (Å²) >= 11 is 0. The van der Waals surface area contributed by atoms with E-state index in [2.05, 4.69) is 37.5 Å². The van der Waals surface area contributed by atoms with E-state index < -0.39 is 0 Å². The van der Waals surface area contributed by atoms with Gasteiger partial charge in [0.1, 0.15) is 17.4 Å². The number of aliphatic hydroxyl groups excluding tert-OH is 1. The van der Waals surface area contributed by atoms with E-state index >= 15 is 0 Å². The van der Waals surface area contributed by atoms with Gasteiger partial charge < -0.3 is 20.6 Å². The van der Waals surface area contributed by atoms with E-state index in [1.807, 2.05) is 19.0 Å². The predicted octanol–water partition coefficient (Wildman–Crippen LogP) is 2.44. The Morgan fingerprint density at radius 3 is 2.58 bits per heavy atom. The van der Waals surface area contributed by atoms with Gasteiger partial charge in [-0.15, -0.1) is 12.4 Å². The van der Waals surface area contributed by atoms with Gasteiger partial charge >= 0.3 is 0 Å². The Hall–Kier alpha value is -1.93. The van der Waals surface area contributed by atoms with Crippen LogP contribution in [0.25, 0.3) is 11.0 Å². The lowest BCUT2D eigenvalue weighted by molar-refractivity contribution is 0.116. The highest BCUT2D eigenvalue weighted by Crippen LogP contribution is 2.28. The Labute approximate surface area is 160 Å². The minimum absolute atomic E-state index is 0. The number of halogens is 1. The molecule has 0 bridgehead atoms. The van der Waals surface area contributed by atoms with E-state index in [9.17, 15) is 5.11 Å². The molecule has 1 fully saturated rings. The molecule has 1 aliphatic carbocycles. The fourth-order valence-electron chi connectivity index (χ4n) is 3.06. The number of hydrogen-bond donors (Lipinski definition) is 3. The van der Waals surface area contributed by atoms with Gasteiger partial charge in [-0.3, -0.25) is 0 Å². The molecule has 0 amide bonds. The molecule has 0 aliphatic heterocycles. The average Bonchev–Trinajstić information content (AvgIpc) is 2.61. The minimum atomic E-state index is -0.355. The van der Waals surface area contributed by atoms with Crippen LogP contribution >= 0.6 is 12.4 Å². The maximum atomic E-state index is 10.3. The molecule has 8 nitrogen and oxygen atoms in total. The van der Waals surface area contributed by atoms with Gasteiger partial charge in [0.25, 0.3) is 0 Å². The van der Waals surface area contributed by atoms with Crippen LogP contribution in [0.2, 0.25) is 0 Å². The number of nitrogens with zero attached hydrogens (tertiary/aromatic N) is 5. The molecule has 2 heterocycles. The zero-order valence-electron chi connectivity index (χ0n) is 15.6. The Morgan fingerprint density at radius 2 is 1.88 bits per heavy atom. The van der Waals surface area contributed by atoms with E-state index in [0.717, 1.165) is 38.6 Å². The van der Waals surface area contributed by atoms with Crippen LogP contribution in [0.15, 0.2) is 6.33 Å². The maximum Gasteiger partial charge on any atom is 0.227 e. The molecule has 0 aromatic carbocycles. The zero-order valence-corrected chi connectivity index (χ0v) is 16.4. The van der Waals surface area contributed by atoms with E-state index in [1.165, 1.54) is 6.33 Å². The second-order valence-electron chi connectivity index (χ2n) is 6.72. The van der Waals surface area contributed by atoms with Crippen LogP contribution in [0.5, 0.6) is 0 Å². The van der Waals surface area contributed by atoms with Crippen LogP contribution in [0.1, 0.15) is 39.0 Å². The number of anilines is 3. The highest BCUT2D eigenvalue weighted by Gasteiger charge is 2.24. The first kappa shape index (κ1) is 20.4. The minimum Gasteiger partial charge on any atom is -0.391 e. The molecule has 26 heavy (non-hydrogen) atoms. The molecule has 1 saturated carbocycles. The second-order valence-corrected chi connectivity index (χ2v) is 6.72. The van der Waals surface area contributed by atoms with Crippen molar-refractivity contribution in [2.75, 3.05) is 36.2 Å². The summed E-state index contributed by atoms with van der Waals surface area (Å²) in [6.45, 7) is 2.92. The topological polar surface area (TPSA) is 99.1 Å². The van der Waals surface area contributed by atoms with Crippen LogP contribution in [-0.4, -0.2) is 57.8 Å². The lowest BCUT2D eigenvalue weighted by atomic mass is 9.92. The van der Waals surface area contributed by atoms with Crippen molar-refractivity contribution in [3.63, 3.8) is 0 Å². The third-order valence-electron chi connectivity index (χ3n) is 4.46. The smallest absolute Gasteiger partial charge is 0.227 e. The van der Waals surface area contributed by atoms with Crippen molar-refractivity contribution in [1.82, 2.24) is 19.9 Å². The summed E-state index contributed by atoms with van der Waals surface area (Å²) in [5, 5.41) is 17.0. The lowest BCUT2D eigenvalue weighted by Crippen LogP contribution is -2.36. The van der Waals surface area contributed by atoms with E-state index in [4.69, 9.17) is 0 Å². The molecule has 2 aromatic heterocycles. The number of nitrogens with one attached hydrogen (secondary N) is 2. The van der Waals surface area contributed by atoms with Crippen molar-refractivity contribution in [2.24, 2.45) is 0 Å². The van der Waals surface area contributed by atoms with Crippen molar-refractivity contribution in [2.45, 2.75) is 51.2 Å². The average molecular weight is 382 g/mol. The highest BCUT2D eigenvalue weighted by molar-refractivity contribution is 5.93. The summed E-state index contributed by atoms with van der Waals surface area (Å²) in [7, 11) is 3.82. The van der Waals surface area contributed by atoms with E-state index in [-0.39, 0.29) is 24.6 Å². The molecule has 3 rings (SSSR count). The van der Waals surface area contributed by atoms with Crippen LogP contribution < -0.4 is 15.5 Å². The van der Waals surface area contributed by atoms with Gasteiger partial charge in [0.2, 0.25) is 5.95 Å². The number of fused-ring (bicyclic) bond motifs is 1. The largest absolute Gasteiger partial charge is 0.391 e. The Kier molecular flexibility index (Phi) is 7.16. The SMILES string of the molecule is CCCNc1nc(N(C)C)nc2c(N[C@H]3CCCC[C@@H]3O)ncnc12.Cl. The van der Waals surface area contributed by atoms with Crippen molar-refractivity contribution in [1.29, 1.82) is 0 Å². The molecule has 1 aliphatic rings. The number of aromatic nitrogens is 4. The van der Waals surface area contributed by atoms with Crippen molar-refractivity contribution < 1.29 is 5.11 Å². The van der Waals surface area contributed by atoms with E-state index in [0.29, 0.717) is 28.6 Å². The molecule has 0 unspecified atom stereocenters. The number of aliphatic hydroxyl groups is 1. The highest BCUT2D eigenvalue weighted by atomic mass is 35.5. The van der Waals surface area contributed by atoms with Gasteiger partial charge in [-0.2, -0.15) is 4.98 Å². The third kappa shape index (κ3) is 4.42. The Bertz CT molecular complexity index is 728. The van der Waals surface area contributed by atoms with Crippen LogP contribution in [0.3, 0.4) is 0 Å². The summed E-state index contributed by atoms with van der Waals surface area (Å²) in [5.41, 5.74) is 1.37. The number of hydrogen-bond acceptors (Lipinski definition) is 8. The lowest BCUT2D eigenvalue weighted by Gasteiger charge is -2.29. The molecule has 0 saturated heterocycles. The molecule has 2 atom stereocenters. The quantitative estimate of drug-likeness (QED) is 0.701. The van der Waals surface area contributed by atoms with Crippen LogP contribution in [-0.2, 0) is 0 Å². The van der Waals surface area contributed by atoms with Gasteiger partial charge in [0.05, 0.1) is 12.1 Å². The van der Waals surface area contributed by atoms with Gasteiger partial charge in [0, 0.05) is 20.6 Å². The molecular formula is C17H28ClN7O. The monoisotopic (exact) mass is 381 g/mol. The Morgan fingerprint density at radius 1 is 1.12 bits per heavy atom. The summed E-state index contributed by atoms with van der Waals surface area (Å²) in [6.07, 6.45) is 6.09. The van der Waals surface area contributed by atoms with Crippen molar-refractivity contribution in [3.05, 3.63) is 6.33 Å². The third-order valence-corrected chi connectivity index (χ3v) is 4.46.